The Hall–Kier alpha value is -2.61. The highest BCUT2D eigenvalue weighted by molar-refractivity contribution is 5.87. The number of H-pyrrole nitrogens is 1. The Morgan fingerprint density at radius 1 is 1.39 bits per heavy atom. The normalized spacial score (nSPS) is 21.2. The van der Waals surface area contributed by atoms with Gasteiger partial charge in [0.1, 0.15) is 30.0 Å². The highest BCUT2D eigenvalue weighted by Crippen LogP contribution is 2.27. The number of hydrogen-bond donors (Lipinski definition) is 2. The number of rotatable bonds is 4. The van der Waals surface area contributed by atoms with Gasteiger partial charge in [0.2, 0.25) is 0 Å². The second-order valence-electron chi connectivity index (χ2n) is 5.60. The number of aromatic amines is 1. The van der Waals surface area contributed by atoms with Crippen LogP contribution in [0.4, 0.5) is 5.82 Å². The Bertz CT molecular complexity index is 813. The Balaban J connectivity index is 1.53. The number of ether oxygens (including phenoxy) is 1. The first-order chi connectivity index (χ1) is 11.2. The summed E-state index contributed by atoms with van der Waals surface area (Å²) in [4.78, 5) is 13.7. The molecule has 0 spiro atoms. The van der Waals surface area contributed by atoms with Gasteiger partial charge >= 0.3 is 0 Å². The largest absolute Gasteiger partial charge is 0.482 e. The van der Waals surface area contributed by atoms with Crippen molar-refractivity contribution >= 4 is 16.9 Å². The molecule has 2 atom stereocenters. The summed E-state index contributed by atoms with van der Waals surface area (Å²) in [5.74, 6) is 1.48. The van der Waals surface area contributed by atoms with Crippen LogP contribution >= 0.6 is 0 Å². The van der Waals surface area contributed by atoms with Crippen LogP contribution in [0.25, 0.3) is 11.0 Å². The third-order valence-corrected chi connectivity index (χ3v) is 4.09. The molecule has 0 bridgehead atoms. The van der Waals surface area contributed by atoms with Gasteiger partial charge in [0.25, 0.3) is 0 Å². The summed E-state index contributed by atoms with van der Waals surface area (Å²) in [6.45, 7) is 3.84. The van der Waals surface area contributed by atoms with Gasteiger partial charge in [0, 0.05) is 19.3 Å². The maximum absolute atomic E-state index is 10.3. The number of β-amino-alcohol motifs (C(OH)–C–C–N with tert-alkyl or cyclic N) is 1. The number of aryl methyl sites for hydroxylation is 1. The highest BCUT2D eigenvalue weighted by atomic mass is 16.5. The molecule has 0 aromatic carbocycles. The van der Waals surface area contributed by atoms with Gasteiger partial charge in [0.05, 0.1) is 24.3 Å². The number of aliphatic hydroxyl groups excluding tert-OH is 1. The molecule has 8 heteroatoms. The lowest BCUT2D eigenvalue weighted by Gasteiger charge is -2.17. The molecule has 2 N–H and O–H groups in total. The fraction of sp³-hybridized carbons (Fsp3) is 0.400. The van der Waals surface area contributed by atoms with Crippen molar-refractivity contribution in [3.63, 3.8) is 0 Å². The van der Waals surface area contributed by atoms with Crippen LogP contribution in [-0.2, 0) is 6.54 Å². The second kappa shape index (κ2) is 5.54. The van der Waals surface area contributed by atoms with Crippen molar-refractivity contribution in [2.75, 3.05) is 18.0 Å². The van der Waals surface area contributed by atoms with Crippen molar-refractivity contribution < 1.29 is 9.84 Å². The molecule has 4 heterocycles. The molecule has 3 aromatic rings. The van der Waals surface area contributed by atoms with E-state index in [0.29, 0.717) is 18.8 Å². The van der Waals surface area contributed by atoms with E-state index in [9.17, 15) is 5.11 Å². The molecule has 8 nitrogen and oxygen atoms in total. The first-order valence-electron chi connectivity index (χ1n) is 7.65. The number of fused-ring (bicyclic) bond motifs is 1. The Morgan fingerprint density at radius 3 is 3.13 bits per heavy atom. The molecule has 0 saturated carbocycles. The van der Waals surface area contributed by atoms with Crippen molar-refractivity contribution in [3.8, 4) is 5.75 Å². The standard InChI is InChI=1S/C15H18N6O2/c1-2-21-6-10(5-19-21)23-13-8-20(7-12(13)22)15-11-3-4-16-14(11)17-9-18-15/h3-6,9,12-13,22H,2,7-8H2,1H3,(H,16,17,18)/t12-,13-/m1/s1. The predicted octanol–water partition coefficient (Wildman–Crippen LogP) is 0.803. The van der Waals surface area contributed by atoms with Crippen LogP contribution in [0.5, 0.6) is 5.75 Å². The molecule has 0 amide bonds. The molecule has 1 fully saturated rings. The fourth-order valence-electron chi connectivity index (χ4n) is 2.91. The van der Waals surface area contributed by atoms with Gasteiger partial charge in [-0.15, -0.1) is 0 Å². The topological polar surface area (TPSA) is 92.1 Å². The molecule has 3 aromatic heterocycles. The van der Waals surface area contributed by atoms with Crippen molar-refractivity contribution in [1.29, 1.82) is 0 Å². The lowest BCUT2D eigenvalue weighted by molar-refractivity contribution is 0.0737. The summed E-state index contributed by atoms with van der Waals surface area (Å²) in [5, 5.41) is 15.5. The molecule has 0 aliphatic carbocycles. The number of hydrogen-bond acceptors (Lipinski definition) is 6. The van der Waals surface area contributed by atoms with Gasteiger partial charge in [-0.1, -0.05) is 0 Å². The van der Waals surface area contributed by atoms with Gasteiger partial charge < -0.3 is 19.7 Å². The van der Waals surface area contributed by atoms with Gasteiger partial charge in [-0.05, 0) is 13.0 Å². The van der Waals surface area contributed by atoms with E-state index < -0.39 is 6.10 Å². The zero-order chi connectivity index (χ0) is 15.8. The summed E-state index contributed by atoms with van der Waals surface area (Å²) in [7, 11) is 0. The van der Waals surface area contributed by atoms with Gasteiger partial charge in [-0.25, -0.2) is 9.97 Å². The quantitative estimate of drug-likeness (QED) is 0.740. The van der Waals surface area contributed by atoms with Crippen LogP contribution in [0.15, 0.2) is 31.0 Å². The number of anilines is 1. The molecule has 1 saturated heterocycles. The zero-order valence-corrected chi connectivity index (χ0v) is 12.8. The molecule has 1 aliphatic rings. The Kier molecular flexibility index (Phi) is 3.38. The number of nitrogens with one attached hydrogen (secondary N) is 1. The maximum atomic E-state index is 10.3. The van der Waals surface area contributed by atoms with Crippen LogP contribution in [0.3, 0.4) is 0 Å². The fourth-order valence-corrected chi connectivity index (χ4v) is 2.91. The average Bonchev–Trinajstić information content (AvgIpc) is 3.27. The summed E-state index contributed by atoms with van der Waals surface area (Å²) in [6.07, 6.45) is 5.98. The first kappa shape index (κ1) is 14.0. The van der Waals surface area contributed by atoms with Gasteiger partial charge in [-0.2, -0.15) is 5.10 Å². The monoisotopic (exact) mass is 314 g/mol. The van der Waals surface area contributed by atoms with Crippen LogP contribution < -0.4 is 9.64 Å². The Morgan fingerprint density at radius 2 is 2.30 bits per heavy atom. The molecule has 4 rings (SSSR count). The van der Waals surface area contributed by atoms with E-state index in [1.165, 1.54) is 6.33 Å². The van der Waals surface area contributed by atoms with Crippen molar-refractivity contribution in [2.45, 2.75) is 25.7 Å². The number of nitrogens with zero attached hydrogens (tertiary/aromatic N) is 5. The van der Waals surface area contributed by atoms with Crippen LogP contribution in [0.1, 0.15) is 6.92 Å². The summed E-state index contributed by atoms with van der Waals surface area (Å²) in [5.41, 5.74) is 0.790. The van der Waals surface area contributed by atoms with Crippen LogP contribution in [0, 0.1) is 0 Å². The van der Waals surface area contributed by atoms with Crippen molar-refractivity contribution in [3.05, 3.63) is 31.0 Å². The Labute approximate surface area is 132 Å². The molecular weight excluding hydrogens is 296 g/mol. The second-order valence-corrected chi connectivity index (χ2v) is 5.60. The first-order valence-corrected chi connectivity index (χ1v) is 7.65. The molecule has 0 radical (unpaired) electrons. The van der Waals surface area contributed by atoms with Crippen molar-refractivity contribution in [2.24, 2.45) is 0 Å². The maximum Gasteiger partial charge on any atom is 0.157 e. The smallest absolute Gasteiger partial charge is 0.157 e. The van der Waals surface area contributed by atoms with E-state index in [4.69, 9.17) is 4.74 Å². The zero-order valence-electron chi connectivity index (χ0n) is 12.8. The van der Waals surface area contributed by atoms with Crippen molar-refractivity contribution in [1.82, 2.24) is 24.7 Å². The minimum absolute atomic E-state index is 0.312. The van der Waals surface area contributed by atoms with E-state index in [1.54, 1.807) is 10.9 Å². The van der Waals surface area contributed by atoms with E-state index in [2.05, 4.69) is 20.1 Å². The van der Waals surface area contributed by atoms with Crippen LogP contribution in [0.2, 0.25) is 0 Å². The SMILES string of the molecule is CCn1cc(O[C@@H]2CN(c3ncnc4[nH]ccc34)C[C@H]2O)cn1. The molecule has 23 heavy (non-hydrogen) atoms. The minimum atomic E-state index is -0.580. The molecular formula is C15H18N6O2. The van der Waals surface area contributed by atoms with Gasteiger partial charge in [0.15, 0.2) is 5.75 Å². The molecule has 1 aliphatic heterocycles. The van der Waals surface area contributed by atoms with Gasteiger partial charge in [-0.3, -0.25) is 4.68 Å². The average molecular weight is 314 g/mol. The lowest BCUT2D eigenvalue weighted by Crippen LogP contribution is -2.29. The molecule has 120 valence electrons. The summed E-state index contributed by atoms with van der Waals surface area (Å²) < 4.78 is 7.68. The van der Waals surface area contributed by atoms with E-state index in [1.807, 2.05) is 30.3 Å². The minimum Gasteiger partial charge on any atom is -0.482 e. The molecule has 0 unspecified atom stereocenters. The summed E-state index contributed by atoms with van der Waals surface area (Å²) >= 11 is 0. The van der Waals surface area contributed by atoms with E-state index >= 15 is 0 Å². The highest BCUT2D eigenvalue weighted by Gasteiger charge is 2.34. The summed E-state index contributed by atoms with van der Waals surface area (Å²) in [6, 6.07) is 1.94. The number of aliphatic hydroxyl groups is 1. The predicted molar refractivity (Wildman–Crippen MR) is 84.4 cm³/mol. The van der Waals surface area contributed by atoms with E-state index in [0.717, 1.165) is 23.4 Å². The number of aromatic nitrogens is 5. The third kappa shape index (κ3) is 2.50. The lowest BCUT2D eigenvalue weighted by atomic mass is 10.3. The van der Waals surface area contributed by atoms with E-state index in [-0.39, 0.29) is 6.10 Å². The third-order valence-electron chi connectivity index (χ3n) is 4.09. The van der Waals surface area contributed by atoms with Crippen LogP contribution in [-0.4, -0.2) is 55.1 Å².